The first-order chi connectivity index (χ1) is 15.7. The molecule has 2 fully saturated rings. The third-order valence-electron chi connectivity index (χ3n) is 6.04. The van der Waals surface area contributed by atoms with Gasteiger partial charge in [0.25, 0.3) is 0 Å². The smallest absolute Gasteiger partial charge is 0.249 e. The molecule has 33 heavy (non-hydrogen) atoms. The summed E-state index contributed by atoms with van der Waals surface area (Å²) in [6.07, 6.45) is -5.65. The van der Waals surface area contributed by atoms with Crippen molar-refractivity contribution < 1.29 is 34.3 Å². The number of aliphatic hydroxyl groups excluding tert-OH is 3. The Bertz CT molecular complexity index is 591. The highest BCUT2D eigenvalue weighted by Crippen LogP contribution is 2.28. The van der Waals surface area contributed by atoms with Crippen molar-refractivity contribution in [3.8, 4) is 0 Å². The number of rotatable bonds is 12. The van der Waals surface area contributed by atoms with Gasteiger partial charge in [-0.2, -0.15) is 0 Å². The second kappa shape index (κ2) is 13.8. The van der Waals surface area contributed by atoms with Gasteiger partial charge in [0.2, 0.25) is 5.91 Å². The van der Waals surface area contributed by atoms with Gasteiger partial charge in [-0.05, 0) is 32.7 Å². The van der Waals surface area contributed by atoms with E-state index in [1.54, 1.807) is 6.92 Å². The number of hydrogen-bond donors (Lipinski definition) is 9. The van der Waals surface area contributed by atoms with E-state index < -0.39 is 66.9 Å². The van der Waals surface area contributed by atoms with Crippen LogP contribution in [0.2, 0.25) is 0 Å². The molecule has 0 spiro atoms. The molecule has 2 rings (SSSR count). The van der Waals surface area contributed by atoms with Crippen LogP contribution in [0.4, 0.5) is 0 Å². The topological polar surface area (TPSA) is 234 Å². The van der Waals surface area contributed by atoms with Crippen molar-refractivity contribution in [2.24, 2.45) is 22.9 Å². The molecule has 1 aliphatic heterocycles. The molecule has 1 heterocycles. The third-order valence-corrected chi connectivity index (χ3v) is 6.04. The van der Waals surface area contributed by atoms with E-state index in [1.165, 1.54) is 0 Å². The monoisotopic (exact) mass is 478 g/mol. The molecule has 2 aliphatic rings. The molecule has 13 N–H and O–H groups in total. The maximum atomic E-state index is 12.4. The van der Waals surface area contributed by atoms with Gasteiger partial charge in [0, 0.05) is 25.7 Å². The molecule has 9 unspecified atom stereocenters. The Balaban J connectivity index is 2.08. The van der Waals surface area contributed by atoms with E-state index in [-0.39, 0.29) is 32.4 Å². The minimum absolute atomic E-state index is 0.106. The number of amides is 1. The standard InChI is InChI=1S/C20H42N6O7/c1-10-15(28)9-12(24)20(32-10)33-17-11(23)8-13(26-19(30)14(27)2-3-21)18(16(17)29)31-7-6-25-5-4-22/h10-18,20,25,27-29H,2-9,21-24H2,1H3,(H,26,30)/t10?,11?,12?,13?,14-,15?,16?,17?,18?,20?/m0/s1. The summed E-state index contributed by atoms with van der Waals surface area (Å²) >= 11 is 0. The number of nitrogens with one attached hydrogen (secondary N) is 2. The summed E-state index contributed by atoms with van der Waals surface area (Å²) in [4.78, 5) is 12.4. The molecule has 10 atom stereocenters. The summed E-state index contributed by atoms with van der Waals surface area (Å²) < 4.78 is 17.6. The average molecular weight is 479 g/mol. The summed E-state index contributed by atoms with van der Waals surface area (Å²) in [5, 5.41) is 36.8. The third kappa shape index (κ3) is 8.04. The highest BCUT2D eigenvalue weighted by molar-refractivity contribution is 5.80. The van der Waals surface area contributed by atoms with Gasteiger partial charge in [-0.1, -0.05) is 0 Å². The summed E-state index contributed by atoms with van der Waals surface area (Å²) in [6.45, 7) is 3.68. The van der Waals surface area contributed by atoms with E-state index in [4.69, 9.17) is 37.1 Å². The van der Waals surface area contributed by atoms with Crippen LogP contribution in [0.15, 0.2) is 0 Å². The lowest BCUT2D eigenvalue weighted by Gasteiger charge is -2.46. The minimum atomic E-state index is -1.27. The number of ether oxygens (including phenoxy) is 3. The molecule has 194 valence electrons. The Morgan fingerprint density at radius 3 is 2.52 bits per heavy atom. The molecular formula is C20H42N6O7. The molecule has 13 heteroatoms. The van der Waals surface area contributed by atoms with Gasteiger partial charge in [-0.15, -0.1) is 0 Å². The minimum Gasteiger partial charge on any atom is -0.390 e. The van der Waals surface area contributed by atoms with Crippen LogP contribution in [0.25, 0.3) is 0 Å². The Morgan fingerprint density at radius 2 is 1.85 bits per heavy atom. The first kappa shape index (κ1) is 28.3. The van der Waals surface area contributed by atoms with E-state index in [1.807, 2.05) is 0 Å². The average Bonchev–Trinajstić information content (AvgIpc) is 2.76. The second-order valence-corrected chi connectivity index (χ2v) is 8.75. The number of nitrogens with two attached hydrogens (primary N) is 4. The maximum absolute atomic E-state index is 12.4. The van der Waals surface area contributed by atoms with Crippen LogP contribution in [0.1, 0.15) is 26.2 Å². The Labute approximate surface area is 194 Å². The lowest BCUT2D eigenvalue weighted by molar-refractivity contribution is -0.269. The normalized spacial score (nSPS) is 38.1. The molecule has 0 radical (unpaired) electrons. The number of carbonyl (C=O) groups excluding carboxylic acids is 1. The zero-order valence-electron chi connectivity index (χ0n) is 19.2. The first-order valence-electron chi connectivity index (χ1n) is 11.6. The largest absolute Gasteiger partial charge is 0.390 e. The zero-order chi connectivity index (χ0) is 24.5. The molecular weight excluding hydrogens is 436 g/mol. The van der Waals surface area contributed by atoms with Crippen LogP contribution < -0.4 is 33.6 Å². The van der Waals surface area contributed by atoms with Gasteiger partial charge in [0.1, 0.15) is 24.4 Å². The number of hydrogen-bond acceptors (Lipinski definition) is 12. The first-order valence-corrected chi connectivity index (χ1v) is 11.6. The highest BCUT2D eigenvalue weighted by Gasteiger charge is 2.47. The predicted octanol–water partition coefficient (Wildman–Crippen LogP) is -4.59. The summed E-state index contributed by atoms with van der Waals surface area (Å²) in [5.41, 5.74) is 23.3. The van der Waals surface area contributed by atoms with Gasteiger partial charge >= 0.3 is 0 Å². The van der Waals surface area contributed by atoms with Crippen molar-refractivity contribution in [2.75, 3.05) is 32.8 Å². The SMILES string of the molecule is CC1OC(OC2C(N)CC(NC(=O)[C@@H](O)CCN)C(OCCNCCN)C2O)C(N)CC1O. The van der Waals surface area contributed by atoms with Crippen LogP contribution in [0.5, 0.6) is 0 Å². The molecule has 13 nitrogen and oxygen atoms in total. The maximum Gasteiger partial charge on any atom is 0.249 e. The van der Waals surface area contributed by atoms with Crippen LogP contribution in [0.3, 0.4) is 0 Å². The van der Waals surface area contributed by atoms with E-state index in [0.717, 1.165) is 0 Å². The van der Waals surface area contributed by atoms with Crippen molar-refractivity contribution in [2.45, 2.75) is 87.2 Å². The molecule has 0 aromatic heterocycles. The number of aliphatic hydroxyl groups is 3. The predicted molar refractivity (Wildman–Crippen MR) is 120 cm³/mol. The molecule has 1 amide bonds. The molecule has 1 saturated heterocycles. The van der Waals surface area contributed by atoms with Crippen LogP contribution >= 0.6 is 0 Å². The Kier molecular flexibility index (Phi) is 11.8. The molecule has 1 saturated carbocycles. The van der Waals surface area contributed by atoms with Gasteiger partial charge in [-0.25, -0.2) is 0 Å². The molecule has 0 aromatic rings. The van der Waals surface area contributed by atoms with E-state index in [2.05, 4.69) is 10.6 Å². The lowest BCUT2D eigenvalue weighted by atomic mass is 9.83. The van der Waals surface area contributed by atoms with Crippen LogP contribution in [0, 0.1) is 0 Å². The summed E-state index contributed by atoms with van der Waals surface area (Å²) in [7, 11) is 0. The van der Waals surface area contributed by atoms with Crippen molar-refractivity contribution in [1.82, 2.24) is 10.6 Å². The van der Waals surface area contributed by atoms with Crippen molar-refractivity contribution in [3.05, 3.63) is 0 Å². The Hall–Kier alpha value is -0.970. The second-order valence-electron chi connectivity index (χ2n) is 8.75. The van der Waals surface area contributed by atoms with Crippen molar-refractivity contribution >= 4 is 5.91 Å². The summed E-state index contributed by atoms with van der Waals surface area (Å²) in [5.74, 6) is -0.612. The van der Waals surface area contributed by atoms with Gasteiger partial charge < -0.3 is 63.1 Å². The van der Waals surface area contributed by atoms with Crippen molar-refractivity contribution in [3.63, 3.8) is 0 Å². The number of carbonyl (C=O) groups is 1. The molecule has 0 bridgehead atoms. The lowest BCUT2D eigenvalue weighted by Crippen LogP contribution is -2.66. The fraction of sp³-hybridized carbons (Fsp3) is 0.950. The van der Waals surface area contributed by atoms with E-state index >= 15 is 0 Å². The summed E-state index contributed by atoms with van der Waals surface area (Å²) in [6, 6.07) is -1.93. The van der Waals surface area contributed by atoms with Gasteiger partial charge in [0.15, 0.2) is 6.29 Å². The van der Waals surface area contributed by atoms with Gasteiger partial charge in [-0.3, -0.25) is 4.79 Å². The van der Waals surface area contributed by atoms with Gasteiger partial charge in [0.05, 0.1) is 30.9 Å². The highest BCUT2D eigenvalue weighted by atomic mass is 16.7. The van der Waals surface area contributed by atoms with Crippen LogP contribution in [-0.2, 0) is 19.0 Å². The Morgan fingerprint density at radius 1 is 1.12 bits per heavy atom. The zero-order valence-corrected chi connectivity index (χ0v) is 19.2. The fourth-order valence-electron chi connectivity index (χ4n) is 4.11. The molecule has 0 aromatic carbocycles. The quantitative estimate of drug-likeness (QED) is 0.121. The fourth-order valence-corrected chi connectivity index (χ4v) is 4.11. The molecule has 1 aliphatic carbocycles. The van der Waals surface area contributed by atoms with E-state index in [9.17, 15) is 20.1 Å². The van der Waals surface area contributed by atoms with Crippen LogP contribution in [-0.4, -0.2) is 115 Å². The van der Waals surface area contributed by atoms with E-state index in [0.29, 0.717) is 19.6 Å². The van der Waals surface area contributed by atoms with Crippen molar-refractivity contribution in [1.29, 1.82) is 0 Å².